The maximum atomic E-state index is 13.6. The lowest BCUT2D eigenvalue weighted by Crippen LogP contribution is -2.14. The van der Waals surface area contributed by atoms with Gasteiger partial charge in [0.25, 0.3) is 0 Å². The van der Waals surface area contributed by atoms with Crippen molar-refractivity contribution in [3.63, 3.8) is 0 Å². The third-order valence-electron chi connectivity index (χ3n) is 4.41. The molecule has 0 aliphatic rings. The molecular formula is C22H20F3N5O. The molecule has 0 radical (unpaired) electrons. The van der Waals surface area contributed by atoms with Gasteiger partial charge in [-0.15, -0.1) is 0 Å². The van der Waals surface area contributed by atoms with Crippen molar-refractivity contribution in [3.8, 4) is 11.8 Å². The molecule has 0 saturated heterocycles. The Morgan fingerprint density at radius 3 is 2.45 bits per heavy atom. The molecule has 0 amide bonds. The smallest absolute Gasteiger partial charge is 0.421 e. The van der Waals surface area contributed by atoms with Gasteiger partial charge in [0.05, 0.1) is 23.4 Å². The fourth-order valence-corrected chi connectivity index (χ4v) is 2.60. The van der Waals surface area contributed by atoms with Gasteiger partial charge in [-0.2, -0.15) is 23.4 Å². The lowest BCUT2D eigenvalue weighted by atomic mass is 10.2. The zero-order valence-electron chi connectivity index (χ0n) is 16.9. The molecule has 1 heterocycles. The van der Waals surface area contributed by atoms with E-state index in [0.717, 1.165) is 12.6 Å². The van der Waals surface area contributed by atoms with Gasteiger partial charge < -0.3 is 15.4 Å². The van der Waals surface area contributed by atoms with Crippen LogP contribution in [0.3, 0.4) is 0 Å². The van der Waals surface area contributed by atoms with Gasteiger partial charge in [0, 0.05) is 11.9 Å². The minimum absolute atomic E-state index is 0.0273. The summed E-state index contributed by atoms with van der Waals surface area (Å²) < 4.78 is 46.5. The molecular weight excluding hydrogens is 407 g/mol. The zero-order valence-corrected chi connectivity index (χ0v) is 16.9. The minimum Gasteiger partial charge on any atom is -0.489 e. The molecule has 0 fully saturated rings. The number of rotatable bonds is 7. The van der Waals surface area contributed by atoms with Crippen molar-refractivity contribution in [3.05, 3.63) is 65.9 Å². The fraction of sp³-hybridized carbons (Fsp3) is 0.227. The summed E-state index contributed by atoms with van der Waals surface area (Å²) in [6.07, 6.45) is -3.29. The summed E-state index contributed by atoms with van der Waals surface area (Å²) in [4.78, 5) is 7.83. The van der Waals surface area contributed by atoms with E-state index in [1.165, 1.54) is 0 Å². The van der Waals surface area contributed by atoms with E-state index in [0.29, 0.717) is 22.7 Å². The Labute approximate surface area is 177 Å². The SMILES string of the molecule is CCC(C)Oc1ccccc1Nc1nc(Nc2ccc(C#N)cc2)ncc1C(F)(F)F. The molecule has 3 aromatic rings. The lowest BCUT2D eigenvalue weighted by molar-refractivity contribution is -0.137. The lowest BCUT2D eigenvalue weighted by Gasteiger charge is -2.19. The van der Waals surface area contributed by atoms with E-state index >= 15 is 0 Å². The molecule has 160 valence electrons. The van der Waals surface area contributed by atoms with Crippen LogP contribution in [0.25, 0.3) is 0 Å². The van der Waals surface area contributed by atoms with Gasteiger partial charge in [-0.3, -0.25) is 0 Å². The van der Waals surface area contributed by atoms with Crippen LogP contribution in [0.4, 0.5) is 36.3 Å². The van der Waals surface area contributed by atoms with Crippen LogP contribution in [0.1, 0.15) is 31.4 Å². The third-order valence-corrected chi connectivity index (χ3v) is 4.41. The van der Waals surface area contributed by atoms with Gasteiger partial charge >= 0.3 is 6.18 Å². The Morgan fingerprint density at radius 2 is 1.81 bits per heavy atom. The summed E-state index contributed by atoms with van der Waals surface area (Å²) in [6.45, 7) is 3.83. The van der Waals surface area contributed by atoms with Crippen LogP contribution < -0.4 is 15.4 Å². The van der Waals surface area contributed by atoms with Crippen LogP contribution in [-0.2, 0) is 6.18 Å². The maximum absolute atomic E-state index is 13.6. The first kappa shape index (κ1) is 21.9. The Bertz CT molecular complexity index is 1080. The van der Waals surface area contributed by atoms with E-state index < -0.39 is 17.6 Å². The number of para-hydroxylation sites is 2. The number of nitrogens with one attached hydrogen (secondary N) is 2. The molecule has 0 bridgehead atoms. The normalized spacial score (nSPS) is 12.0. The zero-order chi connectivity index (χ0) is 22.4. The van der Waals surface area contributed by atoms with Gasteiger partial charge in [0.1, 0.15) is 17.1 Å². The van der Waals surface area contributed by atoms with E-state index in [2.05, 4.69) is 20.6 Å². The predicted molar refractivity (Wildman–Crippen MR) is 112 cm³/mol. The molecule has 0 aliphatic heterocycles. The predicted octanol–water partition coefficient (Wildman–Crippen LogP) is 6.03. The first-order valence-electron chi connectivity index (χ1n) is 9.54. The third kappa shape index (κ3) is 5.63. The Balaban J connectivity index is 1.94. The quantitative estimate of drug-likeness (QED) is 0.479. The molecule has 31 heavy (non-hydrogen) atoms. The van der Waals surface area contributed by atoms with E-state index in [1.54, 1.807) is 48.5 Å². The molecule has 2 N–H and O–H groups in total. The van der Waals surface area contributed by atoms with Crippen molar-refractivity contribution in [2.75, 3.05) is 10.6 Å². The number of benzene rings is 2. The number of nitriles is 1. The van der Waals surface area contributed by atoms with Crippen molar-refractivity contribution >= 4 is 23.1 Å². The van der Waals surface area contributed by atoms with E-state index in [1.807, 2.05) is 19.9 Å². The fourth-order valence-electron chi connectivity index (χ4n) is 2.60. The second kappa shape index (κ2) is 9.34. The highest BCUT2D eigenvalue weighted by atomic mass is 19.4. The van der Waals surface area contributed by atoms with E-state index in [9.17, 15) is 13.2 Å². The highest BCUT2D eigenvalue weighted by Crippen LogP contribution is 2.37. The summed E-state index contributed by atoms with van der Waals surface area (Å²) in [5, 5.41) is 14.5. The number of alkyl halides is 3. The Kier molecular flexibility index (Phi) is 6.60. The van der Waals surface area contributed by atoms with Crippen LogP contribution in [-0.4, -0.2) is 16.1 Å². The van der Waals surface area contributed by atoms with Gasteiger partial charge in [0.2, 0.25) is 5.95 Å². The van der Waals surface area contributed by atoms with Crippen molar-refractivity contribution in [1.29, 1.82) is 5.26 Å². The molecule has 1 aromatic heterocycles. The van der Waals surface area contributed by atoms with Crippen LogP contribution >= 0.6 is 0 Å². The average Bonchev–Trinajstić information content (AvgIpc) is 2.75. The number of anilines is 4. The second-order valence-electron chi connectivity index (χ2n) is 6.73. The molecule has 2 aromatic carbocycles. The van der Waals surface area contributed by atoms with Gasteiger partial charge in [0.15, 0.2) is 0 Å². The molecule has 6 nitrogen and oxygen atoms in total. The summed E-state index contributed by atoms with van der Waals surface area (Å²) in [5.74, 6) is -0.00966. The molecule has 3 rings (SSSR count). The molecule has 0 aliphatic carbocycles. The number of hydrogen-bond acceptors (Lipinski definition) is 6. The van der Waals surface area contributed by atoms with E-state index in [-0.39, 0.29) is 12.1 Å². The molecule has 0 spiro atoms. The molecule has 1 atom stereocenters. The van der Waals surface area contributed by atoms with Crippen molar-refractivity contribution in [1.82, 2.24) is 9.97 Å². The highest BCUT2D eigenvalue weighted by Gasteiger charge is 2.35. The van der Waals surface area contributed by atoms with Crippen molar-refractivity contribution in [2.45, 2.75) is 32.5 Å². The largest absolute Gasteiger partial charge is 0.489 e. The molecule has 1 unspecified atom stereocenters. The van der Waals surface area contributed by atoms with Crippen molar-refractivity contribution < 1.29 is 17.9 Å². The first-order valence-corrected chi connectivity index (χ1v) is 9.54. The standard InChI is InChI=1S/C22H20F3N5O/c1-3-14(2)31-19-7-5-4-6-18(19)29-20-17(22(23,24)25)13-27-21(30-20)28-16-10-8-15(12-26)9-11-16/h4-11,13-14H,3H2,1-2H3,(H2,27,28,29,30). The number of halogens is 3. The van der Waals surface area contributed by atoms with Crippen LogP contribution in [0.2, 0.25) is 0 Å². The minimum atomic E-state index is -4.65. The van der Waals surface area contributed by atoms with Gasteiger partial charge in [-0.1, -0.05) is 19.1 Å². The Hall–Kier alpha value is -3.80. The Morgan fingerprint density at radius 1 is 1.10 bits per heavy atom. The highest BCUT2D eigenvalue weighted by molar-refractivity contribution is 5.67. The second-order valence-corrected chi connectivity index (χ2v) is 6.73. The van der Waals surface area contributed by atoms with Gasteiger partial charge in [-0.25, -0.2) is 4.98 Å². The molecule has 9 heteroatoms. The maximum Gasteiger partial charge on any atom is 0.421 e. The van der Waals surface area contributed by atoms with Gasteiger partial charge in [-0.05, 0) is 49.7 Å². The van der Waals surface area contributed by atoms with E-state index in [4.69, 9.17) is 10.00 Å². The topological polar surface area (TPSA) is 82.9 Å². The number of nitrogens with zero attached hydrogens (tertiary/aromatic N) is 3. The number of aromatic nitrogens is 2. The molecule has 0 saturated carbocycles. The van der Waals surface area contributed by atoms with Crippen LogP contribution in [0, 0.1) is 11.3 Å². The number of ether oxygens (including phenoxy) is 1. The first-order chi connectivity index (χ1) is 14.8. The monoisotopic (exact) mass is 427 g/mol. The van der Waals surface area contributed by atoms with Crippen LogP contribution in [0.15, 0.2) is 54.7 Å². The summed E-state index contributed by atoms with van der Waals surface area (Å²) in [5.41, 5.74) is 0.344. The average molecular weight is 427 g/mol. The van der Waals surface area contributed by atoms with Crippen LogP contribution in [0.5, 0.6) is 5.75 Å². The summed E-state index contributed by atoms with van der Waals surface area (Å²) in [6, 6.07) is 15.1. The number of hydrogen-bond donors (Lipinski definition) is 2. The van der Waals surface area contributed by atoms with Crippen molar-refractivity contribution in [2.24, 2.45) is 0 Å². The summed E-state index contributed by atoms with van der Waals surface area (Å²) >= 11 is 0. The summed E-state index contributed by atoms with van der Waals surface area (Å²) in [7, 11) is 0.